The SMILES string of the molecule is CCC1CCN(C(=O)N2CCCC(CC)(C(=O)O)C2)C1. The van der Waals surface area contributed by atoms with Gasteiger partial charge in [0.25, 0.3) is 0 Å². The molecule has 0 aromatic rings. The van der Waals surface area contributed by atoms with Crippen LogP contribution in [0, 0.1) is 11.3 Å². The molecule has 2 aliphatic rings. The van der Waals surface area contributed by atoms with E-state index in [0.29, 0.717) is 31.8 Å². The first-order chi connectivity index (χ1) is 9.52. The summed E-state index contributed by atoms with van der Waals surface area (Å²) in [6.45, 7) is 6.78. The summed E-state index contributed by atoms with van der Waals surface area (Å²) in [6.07, 6.45) is 4.24. The first-order valence-corrected chi connectivity index (χ1v) is 7.79. The molecule has 5 nitrogen and oxygen atoms in total. The smallest absolute Gasteiger partial charge is 0.320 e. The molecule has 0 bridgehead atoms. The van der Waals surface area contributed by atoms with Crippen molar-refractivity contribution in [3.8, 4) is 0 Å². The molecule has 2 heterocycles. The van der Waals surface area contributed by atoms with Crippen molar-refractivity contribution in [1.29, 1.82) is 0 Å². The zero-order chi connectivity index (χ0) is 14.8. The number of hydrogen-bond donors (Lipinski definition) is 1. The summed E-state index contributed by atoms with van der Waals surface area (Å²) in [5.41, 5.74) is -0.738. The van der Waals surface area contributed by atoms with Crippen LogP contribution in [0.2, 0.25) is 0 Å². The van der Waals surface area contributed by atoms with Gasteiger partial charge in [-0.15, -0.1) is 0 Å². The van der Waals surface area contributed by atoms with Crippen molar-refractivity contribution in [2.24, 2.45) is 11.3 Å². The van der Waals surface area contributed by atoms with E-state index in [-0.39, 0.29) is 6.03 Å². The van der Waals surface area contributed by atoms with Gasteiger partial charge in [0.2, 0.25) is 0 Å². The molecule has 0 saturated carbocycles. The molecule has 0 aromatic heterocycles. The molecule has 20 heavy (non-hydrogen) atoms. The molecule has 2 amide bonds. The van der Waals surface area contributed by atoms with E-state index in [1.807, 2.05) is 11.8 Å². The third-order valence-corrected chi connectivity index (χ3v) is 5.11. The molecule has 2 fully saturated rings. The van der Waals surface area contributed by atoms with Crippen LogP contribution in [0.25, 0.3) is 0 Å². The highest BCUT2D eigenvalue weighted by molar-refractivity contribution is 5.79. The Morgan fingerprint density at radius 1 is 1.25 bits per heavy atom. The molecular formula is C15H26N2O3. The van der Waals surface area contributed by atoms with Gasteiger partial charge in [0, 0.05) is 26.2 Å². The molecule has 0 aromatic carbocycles. The van der Waals surface area contributed by atoms with E-state index < -0.39 is 11.4 Å². The molecule has 2 atom stereocenters. The molecule has 2 aliphatic heterocycles. The summed E-state index contributed by atoms with van der Waals surface area (Å²) < 4.78 is 0. The first-order valence-electron chi connectivity index (χ1n) is 7.79. The maximum absolute atomic E-state index is 12.5. The van der Waals surface area contributed by atoms with Gasteiger partial charge < -0.3 is 14.9 Å². The van der Waals surface area contributed by atoms with Gasteiger partial charge >= 0.3 is 12.0 Å². The average Bonchev–Trinajstić information content (AvgIpc) is 2.95. The molecule has 5 heteroatoms. The van der Waals surface area contributed by atoms with Crippen molar-refractivity contribution in [1.82, 2.24) is 9.80 Å². The zero-order valence-corrected chi connectivity index (χ0v) is 12.6. The van der Waals surface area contributed by atoms with Gasteiger partial charge in [-0.2, -0.15) is 0 Å². The number of carbonyl (C=O) groups is 2. The second-order valence-corrected chi connectivity index (χ2v) is 6.26. The molecular weight excluding hydrogens is 256 g/mol. The second kappa shape index (κ2) is 6.02. The van der Waals surface area contributed by atoms with Gasteiger partial charge in [-0.3, -0.25) is 4.79 Å². The minimum atomic E-state index is -0.759. The van der Waals surface area contributed by atoms with Gasteiger partial charge in [-0.1, -0.05) is 20.3 Å². The fourth-order valence-electron chi connectivity index (χ4n) is 3.45. The van der Waals surface area contributed by atoms with E-state index >= 15 is 0 Å². The predicted octanol–water partition coefficient (Wildman–Crippen LogP) is 2.42. The van der Waals surface area contributed by atoms with Gasteiger partial charge in [0.05, 0.1) is 5.41 Å². The van der Waals surface area contributed by atoms with Crippen LogP contribution < -0.4 is 0 Å². The van der Waals surface area contributed by atoms with Gasteiger partial charge in [0.15, 0.2) is 0 Å². The Labute approximate surface area is 120 Å². The highest BCUT2D eigenvalue weighted by atomic mass is 16.4. The Kier molecular flexibility index (Phi) is 4.55. The largest absolute Gasteiger partial charge is 0.481 e. The van der Waals surface area contributed by atoms with Crippen LogP contribution in [0.1, 0.15) is 46.0 Å². The van der Waals surface area contributed by atoms with E-state index in [2.05, 4.69) is 6.92 Å². The first kappa shape index (κ1) is 15.1. The number of hydrogen-bond acceptors (Lipinski definition) is 2. The molecule has 0 radical (unpaired) electrons. The number of aliphatic carboxylic acids is 1. The van der Waals surface area contributed by atoms with Crippen LogP contribution in [0.3, 0.4) is 0 Å². The molecule has 114 valence electrons. The Bertz CT molecular complexity index is 385. The van der Waals surface area contributed by atoms with Gasteiger partial charge in [0.1, 0.15) is 0 Å². The third kappa shape index (κ3) is 2.76. The minimum Gasteiger partial charge on any atom is -0.481 e. The van der Waals surface area contributed by atoms with Crippen LogP contribution in [0.4, 0.5) is 4.79 Å². The van der Waals surface area contributed by atoms with Crippen molar-refractivity contribution in [3.63, 3.8) is 0 Å². The number of urea groups is 1. The van der Waals surface area contributed by atoms with Crippen molar-refractivity contribution in [2.45, 2.75) is 46.0 Å². The fourth-order valence-corrected chi connectivity index (χ4v) is 3.45. The monoisotopic (exact) mass is 282 g/mol. The lowest BCUT2D eigenvalue weighted by Gasteiger charge is -2.40. The summed E-state index contributed by atoms with van der Waals surface area (Å²) in [7, 11) is 0. The highest BCUT2D eigenvalue weighted by Crippen LogP contribution is 2.34. The van der Waals surface area contributed by atoms with Crippen LogP contribution in [-0.4, -0.2) is 53.1 Å². The third-order valence-electron chi connectivity index (χ3n) is 5.11. The summed E-state index contributed by atoms with van der Waals surface area (Å²) in [6, 6.07) is 0.0414. The topological polar surface area (TPSA) is 60.9 Å². The van der Waals surface area contributed by atoms with Crippen molar-refractivity contribution in [3.05, 3.63) is 0 Å². The zero-order valence-electron chi connectivity index (χ0n) is 12.6. The number of carbonyl (C=O) groups excluding carboxylic acids is 1. The van der Waals surface area contributed by atoms with Crippen LogP contribution in [0.5, 0.6) is 0 Å². The number of carboxylic acids is 1. The van der Waals surface area contributed by atoms with E-state index in [0.717, 1.165) is 32.4 Å². The van der Waals surface area contributed by atoms with Crippen molar-refractivity contribution < 1.29 is 14.7 Å². The molecule has 2 saturated heterocycles. The predicted molar refractivity (Wildman–Crippen MR) is 76.5 cm³/mol. The second-order valence-electron chi connectivity index (χ2n) is 6.26. The normalized spacial score (nSPS) is 30.6. The van der Waals surface area contributed by atoms with E-state index in [4.69, 9.17) is 0 Å². The molecule has 0 spiro atoms. The Balaban J connectivity index is 2.02. The van der Waals surface area contributed by atoms with E-state index in [9.17, 15) is 14.7 Å². The number of carboxylic acid groups (broad SMARTS) is 1. The Morgan fingerprint density at radius 2 is 2.00 bits per heavy atom. The number of amides is 2. The number of piperidine rings is 1. The van der Waals surface area contributed by atoms with Crippen molar-refractivity contribution in [2.75, 3.05) is 26.2 Å². The summed E-state index contributed by atoms with van der Waals surface area (Å²) >= 11 is 0. The Morgan fingerprint density at radius 3 is 2.55 bits per heavy atom. The molecule has 2 unspecified atom stereocenters. The standard InChI is InChI=1S/C15H26N2O3/c1-3-12-6-9-16(10-12)14(20)17-8-5-7-15(4-2,11-17)13(18)19/h12H,3-11H2,1-2H3,(H,18,19). The quantitative estimate of drug-likeness (QED) is 0.864. The minimum absolute atomic E-state index is 0.0414. The maximum Gasteiger partial charge on any atom is 0.320 e. The maximum atomic E-state index is 12.5. The summed E-state index contributed by atoms with van der Waals surface area (Å²) in [5.74, 6) is -0.149. The van der Waals surface area contributed by atoms with E-state index in [1.54, 1.807) is 4.90 Å². The number of likely N-dealkylation sites (tertiary alicyclic amines) is 2. The highest BCUT2D eigenvalue weighted by Gasteiger charge is 2.43. The lowest BCUT2D eigenvalue weighted by atomic mass is 9.78. The lowest BCUT2D eigenvalue weighted by molar-refractivity contribution is -0.152. The molecule has 1 N–H and O–H groups in total. The molecule has 0 aliphatic carbocycles. The number of rotatable bonds is 3. The van der Waals surface area contributed by atoms with Gasteiger partial charge in [-0.25, -0.2) is 4.79 Å². The van der Waals surface area contributed by atoms with Crippen LogP contribution in [-0.2, 0) is 4.79 Å². The fraction of sp³-hybridized carbons (Fsp3) is 0.867. The lowest BCUT2D eigenvalue weighted by Crippen LogP contribution is -2.53. The average molecular weight is 282 g/mol. The molecule has 2 rings (SSSR count). The van der Waals surface area contributed by atoms with Crippen LogP contribution in [0.15, 0.2) is 0 Å². The number of nitrogens with zero attached hydrogens (tertiary/aromatic N) is 2. The summed E-state index contributed by atoms with van der Waals surface area (Å²) in [5, 5.41) is 9.48. The van der Waals surface area contributed by atoms with Gasteiger partial charge in [-0.05, 0) is 31.6 Å². The Hall–Kier alpha value is -1.26. The summed E-state index contributed by atoms with van der Waals surface area (Å²) in [4.78, 5) is 27.8. The van der Waals surface area contributed by atoms with Crippen LogP contribution >= 0.6 is 0 Å². The van der Waals surface area contributed by atoms with Crippen molar-refractivity contribution >= 4 is 12.0 Å². The van der Waals surface area contributed by atoms with E-state index in [1.165, 1.54) is 0 Å².